The average Bonchev–Trinajstić information content (AvgIpc) is 2.24. The number of nitrogens with one attached hydrogen (secondary N) is 2. The van der Waals surface area contributed by atoms with Crippen molar-refractivity contribution >= 4 is 20.0 Å². The first-order chi connectivity index (χ1) is 8.91. The van der Waals surface area contributed by atoms with Gasteiger partial charge in [-0.3, -0.25) is 0 Å². The number of aromatic hydroxyl groups is 1. The predicted molar refractivity (Wildman–Crippen MR) is 75.4 cm³/mol. The fourth-order valence-corrected chi connectivity index (χ4v) is 3.81. The van der Waals surface area contributed by atoms with Gasteiger partial charge in [0, 0.05) is 12.1 Å². The quantitative estimate of drug-likeness (QED) is 0.682. The molecule has 0 aliphatic carbocycles. The Bertz CT molecular complexity index is 663. The minimum Gasteiger partial charge on any atom is -0.508 e. The summed E-state index contributed by atoms with van der Waals surface area (Å²) in [5.41, 5.74) is -0.961. The molecular formula is C11H18N2O5S2. The van der Waals surface area contributed by atoms with Crippen molar-refractivity contribution in [1.82, 2.24) is 9.44 Å². The summed E-state index contributed by atoms with van der Waals surface area (Å²) >= 11 is 0. The second-order valence-corrected chi connectivity index (χ2v) is 8.59. The lowest BCUT2D eigenvalue weighted by Gasteiger charge is -2.25. The fraction of sp³-hybridized carbons (Fsp3) is 0.455. The van der Waals surface area contributed by atoms with Gasteiger partial charge in [0.25, 0.3) is 0 Å². The van der Waals surface area contributed by atoms with Crippen molar-refractivity contribution in [3.63, 3.8) is 0 Å². The number of hydrogen-bond acceptors (Lipinski definition) is 5. The Kier molecular flexibility index (Phi) is 4.80. The second kappa shape index (κ2) is 5.68. The lowest BCUT2D eigenvalue weighted by atomic mass is 10.1. The topological polar surface area (TPSA) is 113 Å². The molecule has 0 heterocycles. The number of phenols is 1. The van der Waals surface area contributed by atoms with Crippen LogP contribution >= 0.6 is 0 Å². The van der Waals surface area contributed by atoms with Gasteiger partial charge in [-0.25, -0.2) is 26.3 Å². The normalized spacial score (nSPS) is 13.3. The van der Waals surface area contributed by atoms with Crippen LogP contribution < -0.4 is 9.44 Å². The SMILES string of the molecule is CC(C)(CNS(=O)(=O)c1ccc(O)cc1)NS(C)(=O)=O. The molecular weight excluding hydrogens is 304 g/mol. The molecule has 114 valence electrons. The van der Waals surface area contributed by atoms with Crippen molar-refractivity contribution in [2.75, 3.05) is 12.8 Å². The predicted octanol–water partition coefficient (Wildman–Crippen LogP) is -0.00170. The van der Waals surface area contributed by atoms with E-state index in [1.165, 1.54) is 24.3 Å². The molecule has 0 saturated heterocycles. The van der Waals surface area contributed by atoms with E-state index in [9.17, 15) is 16.8 Å². The highest BCUT2D eigenvalue weighted by Crippen LogP contribution is 2.14. The molecule has 1 aromatic carbocycles. The van der Waals surface area contributed by atoms with Gasteiger partial charge in [-0.05, 0) is 38.1 Å². The third-order valence-electron chi connectivity index (χ3n) is 2.31. The molecule has 0 aliphatic heterocycles. The van der Waals surface area contributed by atoms with Gasteiger partial charge >= 0.3 is 0 Å². The maximum absolute atomic E-state index is 12.0. The minimum atomic E-state index is -3.76. The van der Waals surface area contributed by atoms with Gasteiger partial charge in [-0.1, -0.05) is 0 Å². The molecule has 0 aromatic heterocycles. The van der Waals surface area contributed by atoms with Crippen molar-refractivity contribution in [2.45, 2.75) is 24.3 Å². The Morgan fingerprint density at radius 3 is 2.05 bits per heavy atom. The standard InChI is InChI=1S/C11H18N2O5S2/c1-11(2,13-19(3,15)16)8-12-20(17,18)10-6-4-9(14)5-7-10/h4-7,12-14H,8H2,1-3H3. The van der Waals surface area contributed by atoms with E-state index < -0.39 is 25.6 Å². The molecule has 1 aromatic rings. The zero-order valence-electron chi connectivity index (χ0n) is 11.4. The van der Waals surface area contributed by atoms with Crippen LogP contribution in [-0.4, -0.2) is 40.3 Å². The van der Waals surface area contributed by atoms with E-state index >= 15 is 0 Å². The van der Waals surface area contributed by atoms with Crippen LogP contribution in [0.25, 0.3) is 0 Å². The highest BCUT2D eigenvalue weighted by Gasteiger charge is 2.25. The molecule has 0 saturated carbocycles. The fourth-order valence-electron chi connectivity index (χ4n) is 1.52. The first-order valence-electron chi connectivity index (χ1n) is 5.69. The molecule has 9 heteroatoms. The summed E-state index contributed by atoms with van der Waals surface area (Å²) in [5.74, 6) is -0.0389. The van der Waals surface area contributed by atoms with Crippen molar-refractivity contribution in [3.05, 3.63) is 24.3 Å². The number of benzene rings is 1. The summed E-state index contributed by atoms with van der Waals surface area (Å²) in [7, 11) is -7.20. The summed E-state index contributed by atoms with van der Waals surface area (Å²) in [6.07, 6.45) is 1.00. The first-order valence-corrected chi connectivity index (χ1v) is 9.06. The first kappa shape index (κ1) is 16.9. The molecule has 0 unspecified atom stereocenters. The number of hydrogen-bond donors (Lipinski definition) is 3. The Labute approximate surface area is 119 Å². The van der Waals surface area contributed by atoms with Crippen LogP contribution in [0.3, 0.4) is 0 Å². The van der Waals surface area contributed by atoms with Crippen LogP contribution in [0.15, 0.2) is 29.2 Å². The van der Waals surface area contributed by atoms with E-state index in [-0.39, 0.29) is 17.2 Å². The second-order valence-electron chi connectivity index (χ2n) is 5.08. The summed E-state index contributed by atoms with van der Waals surface area (Å²) in [4.78, 5) is -0.00884. The van der Waals surface area contributed by atoms with Gasteiger partial charge in [-0.15, -0.1) is 0 Å². The molecule has 0 fully saturated rings. The van der Waals surface area contributed by atoms with E-state index in [4.69, 9.17) is 5.11 Å². The van der Waals surface area contributed by atoms with Crippen molar-refractivity contribution < 1.29 is 21.9 Å². The Balaban J connectivity index is 2.80. The highest BCUT2D eigenvalue weighted by atomic mass is 32.2. The zero-order valence-corrected chi connectivity index (χ0v) is 13.0. The largest absolute Gasteiger partial charge is 0.508 e. The van der Waals surface area contributed by atoms with E-state index in [1.54, 1.807) is 13.8 Å². The van der Waals surface area contributed by atoms with Gasteiger partial charge in [-0.2, -0.15) is 0 Å². The lowest BCUT2D eigenvalue weighted by Crippen LogP contribution is -2.50. The van der Waals surface area contributed by atoms with Crippen LogP contribution in [0.4, 0.5) is 0 Å². The number of rotatable bonds is 6. The van der Waals surface area contributed by atoms with Crippen LogP contribution in [0.2, 0.25) is 0 Å². The summed E-state index contributed by atoms with van der Waals surface area (Å²) in [6.45, 7) is 3.02. The Hall–Kier alpha value is -1.16. The molecule has 20 heavy (non-hydrogen) atoms. The highest BCUT2D eigenvalue weighted by molar-refractivity contribution is 7.89. The Morgan fingerprint density at radius 1 is 1.10 bits per heavy atom. The van der Waals surface area contributed by atoms with Gasteiger partial charge in [0.05, 0.1) is 11.2 Å². The third kappa shape index (κ3) is 5.45. The molecule has 0 amide bonds. The third-order valence-corrected chi connectivity index (χ3v) is 4.65. The molecule has 0 radical (unpaired) electrons. The van der Waals surface area contributed by atoms with E-state index in [0.717, 1.165) is 6.26 Å². The van der Waals surface area contributed by atoms with Crippen LogP contribution in [0.5, 0.6) is 5.75 Å². The van der Waals surface area contributed by atoms with Crippen molar-refractivity contribution in [1.29, 1.82) is 0 Å². The summed E-state index contributed by atoms with van der Waals surface area (Å²) in [6, 6.07) is 5.03. The molecule has 3 N–H and O–H groups in total. The lowest BCUT2D eigenvalue weighted by molar-refractivity contribution is 0.445. The van der Waals surface area contributed by atoms with Gasteiger partial charge < -0.3 is 5.11 Å². The van der Waals surface area contributed by atoms with Gasteiger partial charge in [0.1, 0.15) is 5.75 Å². The zero-order chi connectivity index (χ0) is 15.6. The summed E-state index contributed by atoms with van der Waals surface area (Å²) < 4.78 is 51.0. The number of phenolic OH excluding ortho intramolecular Hbond substituents is 1. The average molecular weight is 322 g/mol. The molecule has 0 bridgehead atoms. The van der Waals surface area contributed by atoms with Gasteiger partial charge in [0.2, 0.25) is 20.0 Å². The number of sulfonamides is 2. The van der Waals surface area contributed by atoms with Crippen LogP contribution in [0, 0.1) is 0 Å². The molecule has 0 spiro atoms. The monoisotopic (exact) mass is 322 g/mol. The van der Waals surface area contributed by atoms with Gasteiger partial charge in [0.15, 0.2) is 0 Å². The summed E-state index contributed by atoms with van der Waals surface area (Å²) in [5, 5.41) is 9.12. The molecule has 1 rings (SSSR count). The maximum Gasteiger partial charge on any atom is 0.240 e. The maximum atomic E-state index is 12.0. The smallest absolute Gasteiger partial charge is 0.240 e. The molecule has 0 aliphatic rings. The molecule has 7 nitrogen and oxygen atoms in total. The van der Waals surface area contributed by atoms with Crippen LogP contribution in [-0.2, 0) is 20.0 Å². The van der Waals surface area contributed by atoms with Crippen molar-refractivity contribution in [2.24, 2.45) is 0 Å². The van der Waals surface area contributed by atoms with E-state index in [0.29, 0.717) is 0 Å². The minimum absolute atomic E-state index is 0.00884. The van der Waals surface area contributed by atoms with Crippen molar-refractivity contribution in [3.8, 4) is 5.75 Å². The van der Waals surface area contributed by atoms with Crippen LogP contribution in [0.1, 0.15) is 13.8 Å². The van der Waals surface area contributed by atoms with E-state index in [2.05, 4.69) is 9.44 Å². The van der Waals surface area contributed by atoms with E-state index in [1.807, 2.05) is 0 Å². The molecule has 0 atom stereocenters. The Morgan fingerprint density at radius 2 is 1.60 bits per heavy atom.